The third-order valence-corrected chi connectivity index (χ3v) is 3.91. The highest BCUT2D eigenvalue weighted by molar-refractivity contribution is 7.92. The fourth-order valence-electron chi connectivity index (χ4n) is 2.29. The third-order valence-electron chi connectivity index (χ3n) is 3.30. The first-order valence-corrected chi connectivity index (χ1v) is 9.49. The van der Waals surface area contributed by atoms with Gasteiger partial charge in [0.2, 0.25) is 21.8 Å². The standard InChI is InChI=1S/C17H16N4O4S/c1-11(22)18-15-5-3-4-13(10-15)17-19-16(20-25-17)12-6-8-14(9-7-12)21-26(2,23)24/h3-10,21H,1-2H3,(H,18,22). The molecule has 8 nitrogen and oxygen atoms in total. The fraction of sp³-hybridized carbons (Fsp3) is 0.118. The smallest absolute Gasteiger partial charge is 0.258 e. The van der Waals surface area contributed by atoms with Crippen molar-refractivity contribution >= 4 is 27.3 Å². The predicted molar refractivity (Wildman–Crippen MR) is 97.9 cm³/mol. The summed E-state index contributed by atoms with van der Waals surface area (Å²) in [5, 5.41) is 6.64. The van der Waals surface area contributed by atoms with E-state index in [1.807, 2.05) is 0 Å². The maximum atomic E-state index is 11.2. The molecule has 2 N–H and O–H groups in total. The highest BCUT2D eigenvalue weighted by atomic mass is 32.2. The maximum Gasteiger partial charge on any atom is 0.258 e. The van der Waals surface area contributed by atoms with Crippen molar-refractivity contribution in [3.05, 3.63) is 48.5 Å². The zero-order chi connectivity index (χ0) is 18.7. The minimum absolute atomic E-state index is 0.170. The number of carbonyl (C=O) groups is 1. The number of sulfonamides is 1. The van der Waals surface area contributed by atoms with Crippen LogP contribution in [0.4, 0.5) is 11.4 Å². The lowest BCUT2D eigenvalue weighted by Gasteiger charge is -2.03. The monoisotopic (exact) mass is 372 g/mol. The van der Waals surface area contributed by atoms with Crippen LogP contribution >= 0.6 is 0 Å². The molecule has 0 atom stereocenters. The lowest BCUT2D eigenvalue weighted by Crippen LogP contribution is -2.09. The molecule has 9 heteroatoms. The Bertz CT molecular complexity index is 1040. The highest BCUT2D eigenvalue weighted by Crippen LogP contribution is 2.25. The molecule has 2 aromatic carbocycles. The van der Waals surface area contributed by atoms with Crippen molar-refractivity contribution in [2.24, 2.45) is 0 Å². The van der Waals surface area contributed by atoms with Crippen molar-refractivity contribution in [1.29, 1.82) is 0 Å². The van der Waals surface area contributed by atoms with Gasteiger partial charge in [-0.3, -0.25) is 9.52 Å². The number of rotatable bonds is 5. The van der Waals surface area contributed by atoms with Gasteiger partial charge in [-0.25, -0.2) is 8.42 Å². The van der Waals surface area contributed by atoms with Crippen LogP contribution in [0.3, 0.4) is 0 Å². The van der Waals surface area contributed by atoms with E-state index < -0.39 is 10.0 Å². The minimum atomic E-state index is -3.33. The van der Waals surface area contributed by atoms with Crippen molar-refractivity contribution in [2.45, 2.75) is 6.92 Å². The molecule has 0 saturated carbocycles. The summed E-state index contributed by atoms with van der Waals surface area (Å²) in [6.07, 6.45) is 1.08. The Labute approximate surface area is 150 Å². The first-order chi connectivity index (χ1) is 12.3. The topological polar surface area (TPSA) is 114 Å². The van der Waals surface area contributed by atoms with Crippen LogP contribution in [0.15, 0.2) is 53.1 Å². The van der Waals surface area contributed by atoms with E-state index in [4.69, 9.17) is 4.52 Å². The zero-order valence-electron chi connectivity index (χ0n) is 14.1. The van der Waals surface area contributed by atoms with E-state index in [0.29, 0.717) is 34.2 Å². The van der Waals surface area contributed by atoms with Crippen LogP contribution in [0, 0.1) is 0 Å². The molecule has 134 valence electrons. The first-order valence-electron chi connectivity index (χ1n) is 7.60. The van der Waals surface area contributed by atoms with Crippen LogP contribution in [0.5, 0.6) is 0 Å². The van der Waals surface area contributed by atoms with Crippen molar-refractivity contribution in [1.82, 2.24) is 10.1 Å². The molecule has 26 heavy (non-hydrogen) atoms. The SMILES string of the molecule is CC(=O)Nc1cccc(-c2nc(-c3ccc(NS(C)(=O)=O)cc3)no2)c1. The Balaban J connectivity index is 1.83. The van der Waals surface area contributed by atoms with Gasteiger partial charge in [-0.1, -0.05) is 11.2 Å². The van der Waals surface area contributed by atoms with Crippen molar-refractivity contribution in [3.8, 4) is 22.8 Å². The number of nitrogens with zero attached hydrogens (tertiary/aromatic N) is 2. The molecule has 0 aliphatic rings. The van der Waals surface area contributed by atoms with E-state index in [1.54, 1.807) is 48.5 Å². The molecule has 0 aliphatic heterocycles. The van der Waals surface area contributed by atoms with E-state index >= 15 is 0 Å². The number of anilines is 2. The average molecular weight is 372 g/mol. The van der Waals surface area contributed by atoms with Gasteiger partial charge >= 0.3 is 0 Å². The summed E-state index contributed by atoms with van der Waals surface area (Å²) in [5.41, 5.74) is 2.43. The molecule has 3 aromatic rings. The van der Waals surface area contributed by atoms with Crippen LogP contribution in [0.2, 0.25) is 0 Å². The predicted octanol–water partition coefficient (Wildman–Crippen LogP) is 2.73. The van der Waals surface area contributed by atoms with E-state index in [1.165, 1.54) is 6.92 Å². The van der Waals surface area contributed by atoms with Crippen LogP contribution in [-0.4, -0.2) is 30.7 Å². The molecule has 0 spiro atoms. The number of hydrogen-bond acceptors (Lipinski definition) is 6. The molecule has 0 unspecified atom stereocenters. The number of hydrogen-bond donors (Lipinski definition) is 2. The van der Waals surface area contributed by atoms with Crippen molar-refractivity contribution in [2.75, 3.05) is 16.3 Å². The summed E-state index contributed by atoms with van der Waals surface area (Å²) in [5.74, 6) is 0.512. The molecule has 0 saturated heterocycles. The van der Waals surface area contributed by atoms with Crippen molar-refractivity contribution in [3.63, 3.8) is 0 Å². The van der Waals surface area contributed by atoms with Crippen LogP contribution in [0.1, 0.15) is 6.92 Å². The molecule has 0 aliphatic carbocycles. The Kier molecular flexibility index (Phi) is 4.72. The molecule has 1 heterocycles. The van der Waals surface area contributed by atoms with Gasteiger partial charge in [0.15, 0.2) is 0 Å². The number of carbonyl (C=O) groups excluding carboxylic acids is 1. The lowest BCUT2D eigenvalue weighted by molar-refractivity contribution is -0.114. The molecule has 0 bridgehead atoms. The lowest BCUT2D eigenvalue weighted by atomic mass is 10.2. The van der Waals surface area contributed by atoms with Crippen LogP contribution in [-0.2, 0) is 14.8 Å². The molecular formula is C17H16N4O4S. The van der Waals surface area contributed by atoms with E-state index in [0.717, 1.165) is 6.26 Å². The summed E-state index contributed by atoms with van der Waals surface area (Å²) in [4.78, 5) is 15.5. The quantitative estimate of drug-likeness (QED) is 0.712. The molecular weight excluding hydrogens is 356 g/mol. The summed E-state index contributed by atoms with van der Waals surface area (Å²) in [7, 11) is -3.33. The fourth-order valence-corrected chi connectivity index (χ4v) is 2.86. The van der Waals surface area contributed by atoms with Crippen LogP contribution in [0.25, 0.3) is 22.8 Å². The number of nitrogens with one attached hydrogen (secondary N) is 2. The van der Waals surface area contributed by atoms with Gasteiger partial charge < -0.3 is 9.84 Å². The highest BCUT2D eigenvalue weighted by Gasteiger charge is 2.12. The van der Waals surface area contributed by atoms with E-state index in [-0.39, 0.29) is 5.91 Å². The first kappa shape index (κ1) is 17.6. The van der Waals surface area contributed by atoms with Gasteiger partial charge in [0, 0.05) is 29.4 Å². The zero-order valence-corrected chi connectivity index (χ0v) is 14.9. The number of aromatic nitrogens is 2. The third kappa shape index (κ3) is 4.45. The van der Waals surface area contributed by atoms with Gasteiger partial charge in [0.25, 0.3) is 5.89 Å². The maximum absolute atomic E-state index is 11.2. The van der Waals surface area contributed by atoms with Gasteiger partial charge in [-0.15, -0.1) is 0 Å². The summed E-state index contributed by atoms with van der Waals surface area (Å²) in [6.45, 7) is 1.43. The van der Waals surface area contributed by atoms with Gasteiger partial charge in [0.1, 0.15) is 0 Å². The molecule has 1 aromatic heterocycles. The normalized spacial score (nSPS) is 11.2. The summed E-state index contributed by atoms with van der Waals surface area (Å²) >= 11 is 0. The summed E-state index contributed by atoms with van der Waals surface area (Å²) < 4.78 is 30.1. The minimum Gasteiger partial charge on any atom is -0.334 e. The second kappa shape index (κ2) is 6.96. The Morgan fingerprint density at radius 1 is 1.04 bits per heavy atom. The Morgan fingerprint density at radius 2 is 1.77 bits per heavy atom. The molecule has 0 radical (unpaired) electrons. The Hall–Kier alpha value is -3.20. The van der Waals surface area contributed by atoms with E-state index in [2.05, 4.69) is 20.2 Å². The molecule has 1 amide bonds. The number of benzene rings is 2. The molecule has 3 rings (SSSR count). The summed E-state index contributed by atoms with van der Waals surface area (Å²) in [6, 6.07) is 13.7. The molecule has 0 fully saturated rings. The van der Waals surface area contributed by atoms with Gasteiger partial charge in [0.05, 0.1) is 6.26 Å². The van der Waals surface area contributed by atoms with E-state index in [9.17, 15) is 13.2 Å². The van der Waals surface area contributed by atoms with Crippen molar-refractivity contribution < 1.29 is 17.7 Å². The van der Waals surface area contributed by atoms with Gasteiger partial charge in [-0.05, 0) is 42.5 Å². The Morgan fingerprint density at radius 3 is 2.42 bits per heavy atom. The number of amides is 1. The average Bonchev–Trinajstić information content (AvgIpc) is 3.04. The second-order valence-corrected chi connectivity index (χ2v) is 7.39. The largest absolute Gasteiger partial charge is 0.334 e. The van der Waals surface area contributed by atoms with Crippen LogP contribution < -0.4 is 10.0 Å². The second-order valence-electron chi connectivity index (χ2n) is 5.64. The van der Waals surface area contributed by atoms with Gasteiger partial charge in [-0.2, -0.15) is 4.98 Å².